The molecule has 6 bridgehead atoms. The SMILES string of the molecule is CCCCOc1c2c(c(C)c3ccccc13)C1=Nc3c4c(OCCCC)c5ccccc5c(C)c4c4[n]3[In][n]3c(c5c(C)c6ccccc6c(OCCCC)c5c3=NC2=N1)=NC1=NC(N4)c2cc3ccccc3cc21. The van der Waals surface area contributed by atoms with Crippen LogP contribution in [-0.2, 0) is 0 Å². The number of aromatic nitrogens is 2. The van der Waals surface area contributed by atoms with Crippen molar-refractivity contribution in [1.29, 1.82) is 0 Å². The quantitative estimate of drug-likeness (QED) is 0.123. The third kappa shape index (κ3) is 6.97. The maximum atomic E-state index is 7.15. The predicted octanol–water partition coefficient (Wildman–Crippen LogP) is 13.6. The van der Waals surface area contributed by atoms with Gasteiger partial charge in [-0.15, -0.1) is 0 Å². The number of aryl methyl sites for hydroxylation is 3. The summed E-state index contributed by atoms with van der Waals surface area (Å²) in [6.07, 6.45) is 5.28. The average molecular weight is 1090 g/mol. The summed E-state index contributed by atoms with van der Waals surface area (Å²) in [6.45, 7) is 15.0. The molecule has 4 aliphatic heterocycles. The van der Waals surface area contributed by atoms with Gasteiger partial charge in [-0.3, -0.25) is 0 Å². The van der Waals surface area contributed by atoms with E-state index < -0.39 is 29.6 Å². The number of hydrogen-bond acceptors (Lipinski definition) is 9. The summed E-state index contributed by atoms with van der Waals surface area (Å²) in [5.41, 5.74) is 8.80. The Morgan fingerprint density at radius 2 is 1.00 bits per heavy atom. The number of amidine groups is 3. The Balaban J connectivity index is 1.23. The number of rotatable bonds is 12. The summed E-state index contributed by atoms with van der Waals surface area (Å²) in [6, 6.07) is 39.1. The summed E-state index contributed by atoms with van der Waals surface area (Å²) < 4.78 is 26.3. The Kier molecular flexibility index (Phi) is 11.2. The van der Waals surface area contributed by atoms with Crippen LogP contribution in [0.1, 0.15) is 104 Å². The first-order chi connectivity index (χ1) is 36.9. The van der Waals surface area contributed by atoms with E-state index >= 15 is 0 Å². The molecule has 75 heavy (non-hydrogen) atoms. The van der Waals surface area contributed by atoms with Crippen molar-refractivity contribution in [3.8, 4) is 17.2 Å². The Labute approximate surface area is 446 Å². The van der Waals surface area contributed by atoms with Crippen LogP contribution < -0.4 is 30.5 Å². The summed E-state index contributed by atoms with van der Waals surface area (Å²) in [5, 5.41) is 16.9. The first kappa shape index (κ1) is 46.1. The zero-order valence-electron chi connectivity index (χ0n) is 43.3. The third-order valence-corrected chi connectivity index (χ3v) is 20.0. The van der Waals surface area contributed by atoms with Gasteiger partial charge in [-0.1, -0.05) is 0 Å². The minimum atomic E-state index is -2.54. The first-order valence-electron chi connectivity index (χ1n) is 26.8. The molecule has 11 nitrogen and oxygen atoms in total. The number of hydrogen-bond donors (Lipinski definition) is 1. The van der Waals surface area contributed by atoms with Crippen molar-refractivity contribution < 1.29 is 14.2 Å². The van der Waals surface area contributed by atoms with Gasteiger partial charge in [0.15, 0.2) is 0 Å². The Hall–Kier alpha value is -7.44. The van der Waals surface area contributed by atoms with Crippen molar-refractivity contribution in [3.63, 3.8) is 0 Å². The molecule has 8 aromatic carbocycles. The first-order valence-corrected chi connectivity index (χ1v) is 29.8. The van der Waals surface area contributed by atoms with Gasteiger partial charge in [-0.25, -0.2) is 0 Å². The van der Waals surface area contributed by atoms with E-state index in [2.05, 4.69) is 161 Å². The zero-order chi connectivity index (χ0) is 50.6. The molecule has 1 N–H and O–H groups in total. The predicted molar refractivity (Wildman–Crippen MR) is 307 cm³/mol. The molecule has 0 fully saturated rings. The monoisotopic (exact) mass is 1090 g/mol. The number of aliphatic imine (C=N–C) groups is 3. The van der Waals surface area contributed by atoms with E-state index in [4.69, 9.17) is 39.2 Å². The molecule has 1 unspecified atom stereocenters. The molecule has 12 heteroatoms. The molecule has 369 valence electrons. The second-order valence-electron chi connectivity index (χ2n) is 20.4. The summed E-state index contributed by atoms with van der Waals surface area (Å²) in [5.74, 6) is 6.05. The standard InChI is InChI=1S/C63H56N8O3.In/c1-7-10-29-72-53-42-26-18-15-23-39(42)34(4)47-50(53)61-67-58(47)65-56-45-32-37-21-13-14-22-38(37)33-46(45)57(64-56)66-59-48-35(5)40-24-16-19-27-43(40)54(73-30-11-8-2)51(48)62(68-59)71-63-52-49(60(69-61)70-63)36(6)41-25-17-20-28-44(41)55(52)74-31-12-9-3;/h13-28,32-33,56,65H,7-12,29-31H2,1-6H3;/q-2;+2. The van der Waals surface area contributed by atoms with Crippen LogP contribution in [0, 0.1) is 20.8 Å². The van der Waals surface area contributed by atoms with Crippen LogP contribution in [0.2, 0.25) is 0 Å². The fourth-order valence-electron chi connectivity index (χ4n) is 12.1. The van der Waals surface area contributed by atoms with Gasteiger partial charge in [0.2, 0.25) is 0 Å². The Morgan fingerprint density at radius 1 is 0.493 bits per heavy atom. The number of unbranched alkanes of at least 4 members (excludes halogenated alkanes) is 3. The van der Waals surface area contributed by atoms with Crippen molar-refractivity contribution >= 4 is 117 Å². The summed E-state index contributed by atoms with van der Waals surface area (Å²) >= 11 is -2.54. The van der Waals surface area contributed by atoms with Crippen LogP contribution in [0.4, 0.5) is 11.6 Å². The molecule has 0 saturated carbocycles. The molecule has 0 amide bonds. The van der Waals surface area contributed by atoms with E-state index in [1.54, 1.807) is 0 Å². The van der Waals surface area contributed by atoms with Gasteiger partial charge in [-0.05, 0) is 0 Å². The molecule has 14 rings (SSSR count). The van der Waals surface area contributed by atoms with E-state index in [9.17, 15) is 0 Å². The van der Waals surface area contributed by atoms with E-state index in [1.165, 1.54) is 0 Å². The summed E-state index contributed by atoms with van der Waals surface area (Å²) in [7, 11) is 0. The Bertz CT molecular complexity index is 4350. The van der Waals surface area contributed by atoms with Gasteiger partial charge >= 0.3 is 449 Å². The molecule has 10 aromatic rings. The van der Waals surface area contributed by atoms with Crippen molar-refractivity contribution in [2.24, 2.45) is 25.0 Å². The number of benzene rings is 8. The van der Waals surface area contributed by atoms with Crippen molar-refractivity contribution in [1.82, 2.24) is 5.11 Å². The van der Waals surface area contributed by atoms with Crippen molar-refractivity contribution in [3.05, 3.63) is 159 Å². The van der Waals surface area contributed by atoms with Crippen LogP contribution >= 0.6 is 0 Å². The Morgan fingerprint density at radius 3 is 1.64 bits per heavy atom. The molecule has 0 spiro atoms. The molecule has 1 radical (unpaired) electrons. The average Bonchev–Trinajstić information content (AvgIpc) is 4.17. The zero-order valence-corrected chi connectivity index (χ0v) is 46.6. The van der Waals surface area contributed by atoms with Gasteiger partial charge in [0.05, 0.1) is 0 Å². The van der Waals surface area contributed by atoms with E-state index in [0.717, 1.165) is 182 Å². The number of nitrogens with zero attached hydrogens (tertiary/aromatic N) is 7. The number of ether oxygens (including phenoxy) is 3. The van der Waals surface area contributed by atoms with Crippen LogP contribution in [0.3, 0.4) is 0 Å². The fraction of sp³-hybridized carbons (Fsp3) is 0.254. The molecular formula is C63H56InN8O3. The van der Waals surface area contributed by atoms with Crippen molar-refractivity contribution in [2.45, 2.75) is 86.2 Å². The van der Waals surface area contributed by atoms with Gasteiger partial charge in [-0.2, -0.15) is 0 Å². The summed E-state index contributed by atoms with van der Waals surface area (Å²) in [4.78, 5) is 29.1. The second-order valence-corrected chi connectivity index (χ2v) is 24.0. The molecule has 1 atom stereocenters. The fourth-order valence-corrected chi connectivity index (χ4v) is 16.2. The normalized spacial score (nSPS) is 15.0. The van der Waals surface area contributed by atoms with E-state index in [1.807, 2.05) is 0 Å². The maximum absolute atomic E-state index is 7.15. The third-order valence-electron chi connectivity index (χ3n) is 15.9. The van der Waals surface area contributed by atoms with Gasteiger partial charge in [0.25, 0.3) is 0 Å². The van der Waals surface area contributed by atoms with E-state index in [-0.39, 0.29) is 0 Å². The molecule has 0 aliphatic carbocycles. The van der Waals surface area contributed by atoms with Crippen LogP contribution in [0.25, 0.3) is 64.6 Å². The molecule has 2 aromatic heterocycles. The van der Waals surface area contributed by atoms with Crippen LogP contribution in [0.5, 0.6) is 17.2 Å². The number of nitrogens with one attached hydrogen (secondary N) is 1. The topological polar surface area (TPSA) is 111 Å². The van der Waals surface area contributed by atoms with Crippen LogP contribution in [-0.4, -0.2) is 65.9 Å². The molecular weight excluding hydrogens is 1030 g/mol. The van der Waals surface area contributed by atoms with E-state index in [0.29, 0.717) is 37.3 Å². The minimum absolute atomic E-state index is 0.452. The second kappa shape index (κ2) is 18.1. The van der Waals surface area contributed by atoms with Gasteiger partial charge in [0, 0.05) is 0 Å². The molecule has 0 saturated heterocycles. The number of fused-ring (bicyclic) bond motifs is 18. The number of anilines is 1. The molecule has 6 heterocycles. The molecule has 4 aliphatic rings. The van der Waals surface area contributed by atoms with Crippen LogP contribution in [0.15, 0.2) is 134 Å². The van der Waals surface area contributed by atoms with Gasteiger partial charge in [0.1, 0.15) is 0 Å². The van der Waals surface area contributed by atoms with Crippen molar-refractivity contribution in [2.75, 3.05) is 25.1 Å². The van der Waals surface area contributed by atoms with Gasteiger partial charge < -0.3 is 0 Å².